The summed E-state index contributed by atoms with van der Waals surface area (Å²) in [6, 6.07) is 25.0. The molecule has 73 heavy (non-hydrogen) atoms. The van der Waals surface area contributed by atoms with Crippen LogP contribution in [0.15, 0.2) is 86.2 Å². The molecule has 0 fully saturated rings. The molecule has 0 amide bonds. The molecule has 5 aromatic rings. The van der Waals surface area contributed by atoms with Crippen LogP contribution in [0.5, 0.6) is 0 Å². The second-order valence-electron chi connectivity index (χ2n) is 20.7. The van der Waals surface area contributed by atoms with E-state index in [2.05, 4.69) is 223 Å². The van der Waals surface area contributed by atoms with Gasteiger partial charge in [0.2, 0.25) is 0 Å². The van der Waals surface area contributed by atoms with E-state index >= 15 is 0 Å². The summed E-state index contributed by atoms with van der Waals surface area (Å²) in [6.07, 6.45) is 29.9. The second kappa shape index (κ2) is 28.8. The normalized spacial score (nSPS) is 17.6. The molecule has 0 saturated carbocycles. The minimum absolute atomic E-state index is 0.0473. The third kappa shape index (κ3) is 14.7. The van der Waals surface area contributed by atoms with Gasteiger partial charge in [0.05, 0.1) is 0 Å². The minimum atomic E-state index is -0.0473. The molecule has 0 saturated heterocycles. The van der Waals surface area contributed by atoms with Gasteiger partial charge in [-0.2, -0.15) is 0 Å². The van der Waals surface area contributed by atoms with Crippen LogP contribution >= 0.6 is 116 Å². The van der Waals surface area contributed by atoms with Gasteiger partial charge in [-0.3, -0.25) is 0 Å². The highest BCUT2D eigenvalue weighted by atomic mass is 32.2. The number of benzene rings is 1. The molecule has 0 N–H and O–H groups in total. The molecule has 6 heterocycles. The molecule has 0 nitrogen and oxygen atoms in total. The molecule has 2 aliphatic heterocycles. The van der Waals surface area contributed by atoms with Crippen LogP contribution in [-0.2, 0) is 48.7 Å². The number of hydrogen-bond donors (Lipinski definition) is 0. The average molecular weight is 1160 g/mol. The maximum Gasteiger partial charge on any atom is 0.0490 e. The molecule has 0 spiro atoms. The number of aryl methyl sites for hydroxylation is 4. The van der Waals surface area contributed by atoms with Crippen molar-refractivity contribution in [3.63, 3.8) is 0 Å². The quantitative estimate of drug-likeness (QED) is 0.0391. The van der Waals surface area contributed by atoms with Crippen molar-refractivity contribution in [2.24, 2.45) is 5.41 Å². The van der Waals surface area contributed by atoms with Crippen LogP contribution in [-0.4, -0.2) is 5.75 Å². The Morgan fingerprint density at radius 2 is 0.918 bits per heavy atom. The molecule has 0 radical (unpaired) electrons. The molecule has 10 heteroatoms. The molecule has 2 atom stereocenters. The van der Waals surface area contributed by atoms with Gasteiger partial charge in [0.1, 0.15) is 0 Å². The highest BCUT2D eigenvalue weighted by Crippen LogP contribution is 2.69. The fourth-order valence-corrected chi connectivity index (χ4v) is 23.0. The molecule has 9 rings (SSSR count). The summed E-state index contributed by atoms with van der Waals surface area (Å²) in [5.74, 6) is 5.38. The Bertz CT molecular complexity index is 2580. The molecule has 2 unspecified atom stereocenters. The SMILES string of the molecule is CCCCCCc1ccc(CSC(SCc2ccc(CCCCCC)s2)=C2C3=C(SCC3)c3cc4c(cc32)C2SC=CC2(C)C4=C(SCc2ccc(CCCCCC)s2)SCc2ccc(CCCCCC)s2)s1. The Labute approximate surface area is 483 Å². The fourth-order valence-electron chi connectivity index (χ4n) is 10.9. The highest BCUT2D eigenvalue weighted by molar-refractivity contribution is 8.22. The van der Waals surface area contributed by atoms with Crippen LogP contribution < -0.4 is 0 Å². The van der Waals surface area contributed by atoms with E-state index in [9.17, 15) is 0 Å². The average Bonchev–Trinajstić information content (AvgIpc) is 4.28. The summed E-state index contributed by atoms with van der Waals surface area (Å²) in [5.41, 5.74) is 10.9. The maximum atomic E-state index is 2.73. The molecular formula is C63H80S10. The van der Waals surface area contributed by atoms with Crippen LogP contribution in [0.2, 0.25) is 0 Å². The molecular weight excluding hydrogens is 1080 g/mol. The number of fused-ring (bicyclic) bond motifs is 5. The third-order valence-electron chi connectivity index (χ3n) is 14.9. The molecule has 4 aromatic heterocycles. The van der Waals surface area contributed by atoms with Crippen molar-refractivity contribution >= 4 is 132 Å². The largest absolute Gasteiger partial charge is 0.145 e. The van der Waals surface area contributed by atoms with Crippen molar-refractivity contribution in [2.75, 3.05) is 5.75 Å². The topological polar surface area (TPSA) is 0 Å². The van der Waals surface area contributed by atoms with Crippen molar-refractivity contribution in [2.45, 2.75) is 198 Å². The lowest BCUT2D eigenvalue weighted by Gasteiger charge is -2.27. The Morgan fingerprint density at radius 1 is 0.493 bits per heavy atom. The monoisotopic (exact) mass is 1160 g/mol. The van der Waals surface area contributed by atoms with Crippen molar-refractivity contribution < 1.29 is 0 Å². The predicted octanol–water partition coefficient (Wildman–Crippen LogP) is 23.7. The molecule has 0 bridgehead atoms. The van der Waals surface area contributed by atoms with Gasteiger partial charge in [-0.15, -0.1) is 116 Å². The Morgan fingerprint density at radius 3 is 1.36 bits per heavy atom. The first-order valence-electron chi connectivity index (χ1n) is 28.1. The van der Waals surface area contributed by atoms with Gasteiger partial charge in [0, 0.05) is 97.4 Å². The number of rotatable bonds is 32. The summed E-state index contributed by atoms with van der Waals surface area (Å²) in [6.45, 7) is 11.8. The van der Waals surface area contributed by atoms with Gasteiger partial charge in [0.15, 0.2) is 0 Å². The standard InChI is InChI=1S/C63H80S10/c1-6-10-14-18-22-44-26-30-48(70-44)40-66-61(67-41-49-31-27-45(71-49)23-19-15-11-7-2)57-52-34-36-64-59(52)55-39-54-56(38-53(55)57)60-63(5,35-37-65-60)58(54)62(68-42-50-32-28-46(72-50)24-20-16-12-8-3)69-43-51-33-29-47(73-51)25-21-17-13-9-4/h26-33,35,37-39,60H,6-25,34,36,40-43H2,1-5H3. The molecule has 1 aromatic carbocycles. The summed E-state index contributed by atoms with van der Waals surface area (Å²) in [4.78, 5) is 13.9. The van der Waals surface area contributed by atoms with Gasteiger partial charge < -0.3 is 0 Å². The zero-order valence-electron chi connectivity index (χ0n) is 44.5. The van der Waals surface area contributed by atoms with Crippen LogP contribution in [0.3, 0.4) is 0 Å². The number of unbranched alkanes of at least 4 members (excludes halogenated alkanes) is 12. The zero-order valence-corrected chi connectivity index (χ0v) is 52.6. The molecule has 2 aliphatic carbocycles. The zero-order chi connectivity index (χ0) is 50.4. The maximum absolute atomic E-state index is 2.73. The Hall–Kier alpha value is -0.920. The lowest BCUT2D eigenvalue weighted by molar-refractivity contribution is 0.593. The minimum Gasteiger partial charge on any atom is -0.145 e. The highest BCUT2D eigenvalue weighted by Gasteiger charge is 2.50. The van der Waals surface area contributed by atoms with E-state index in [0.717, 1.165) is 23.0 Å². The van der Waals surface area contributed by atoms with E-state index in [0.29, 0.717) is 5.25 Å². The van der Waals surface area contributed by atoms with Gasteiger partial charge >= 0.3 is 0 Å². The van der Waals surface area contributed by atoms with Crippen LogP contribution in [0.1, 0.15) is 210 Å². The van der Waals surface area contributed by atoms with Gasteiger partial charge in [-0.25, -0.2) is 0 Å². The molecule has 4 aliphatic rings. The van der Waals surface area contributed by atoms with Crippen molar-refractivity contribution in [3.05, 3.63) is 147 Å². The van der Waals surface area contributed by atoms with Crippen molar-refractivity contribution in [1.82, 2.24) is 0 Å². The summed E-state index contributed by atoms with van der Waals surface area (Å²) >= 11 is 21.0. The number of thiophene rings is 4. The summed E-state index contributed by atoms with van der Waals surface area (Å²) < 4.78 is 3.09. The first-order valence-corrected chi connectivity index (χ1v) is 37.2. The Kier molecular flexibility index (Phi) is 22.4. The van der Waals surface area contributed by atoms with E-state index in [1.807, 2.05) is 0 Å². The Balaban J connectivity index is 1.06. The van der Waals surface area contributed by atoms with Crippen LogP contribution in [0.25, 0.3) is 16.1 Å². The lowest BCUT2D eigenvalue weighted by Crippen LogP contribution is -2.13. The fraction of sp³-hybridized carbons (Fsp3) is 0.524. The first-order chi connectivity index (χ1) is 35.9. The second-order valence-corrected chi connectivity index (χ2v) is 32.3. The lowest BCUT2D eigenvalue weighted by atomic mass is 9.83. The number of hydrogen-bond acceptors (Lipinski definition) is 10. The van der Waals surface area contributed by atoms with Crippen LogP contribution in [0, 0.1) is 5.41 Å². The van der Waals surface area contributed by atoms with Gasteiger partial charge in [-0.05, 0) is 157 Å². The van der Waals surface area contributed by atoms with E-state index in [1.165, 1.54) is 177 Å². The van der Waals surface area contributed by atoms with Crippen LogP contribution in [0.4, 0.5) is 0 Å². The van der Waals surface area contributed by atoms with E-state index < -0.39 is 0 Å². The first kappa shape index (κ1) is 56.8. The van der Waals surface area contributed by atoms with E-state index in [1.54, 1.807) is 55.2 Å². The molecule has 392 valence electrons. The van der Waals surface area contributed by atoms with Gasteiger partial charge in [0.25, 0.3) is 0 Å². The summed E-state index contributed by atoms with van der Waals surface area (Å²) in [7, 11) is 0. The third-order valence-corrected chi connectivity index (χ3v) is 27.8. The smallest absolute Gasteiger partial charge is 0.0490 e. The van der Waals surface area contributed by atoms with Crippen molar-refractivity contribution in [1.29, 1.82) is 0 Å². The van der Waals surface area contributed by atoms with Crippen molar-refractivity contribution in [3.8, 4) is 0 Å². The van der Waals surface area contributed by atoms with E-state index in [4.69, 9.17) is 0 Å². The predicted molar refractivity (Wildman–Crippen MR) is 346 cm³/mol. The van der Waals surface area contributed by atoms with E-state index in [-0.39, 0.29) is 5.41 Å². The summed E-state index contributed by atoms with van der Waals surface area (Å²) in [5, 5.41) is 2.84. The number of allylic oxidation sites excluding steroid dienone is 4. The number of thioether (sulfide) groups is 6. The van der Waals surface area contributed by atoms with Gasteiger partial charge in [-0.1, -0.05) is 118 Å².